The zero-order chi connectivity index (χ0) is 22.1. The lowest BCUT2D eigenvalue weighted by molar-refractivity contribution is 0.0491. The van der Waals surface area contributed by atoms with Crippen molar-refractivity contribution in [1.82, 2.24) is 10.6 Å². The van der Waals surface area contributed by atoms with E-state index < -0.39 is 6.09 Å². The summed E-state index contributed by atoms with van der Waals surface area (Å²) in [6.07, 6.45) is 4.20. The standard InChI is InChI=1S/C25H30N2O4/c1-3-16-26-24(29)31-20-12-9-15-25(17-20,19-10-5-4-6-11-19)18-27-23(28)21-13-7-8-14-22(21)30-2/h3-8,10-11,13-14,20H,1,9,12,15-18H2,2H3,(H,26,29)(H,27,28)/t20-,25-/m0/s1. The Bertz CT molecular complexity index is 899. The highest BCUT2D eigenvalue weighted by Gasteiger charge is 2.39. The summed E-state index contributed by atoms with van der Waals surface area (Å²) >= 11 is 0. The van der Waals surface area contributed by atoms with Crippen molar-refractivity contribution in [2.24, 2.45) is 0 Å². The summed E-state index contributed by atoms with van der Waals surface area (Å²) in [6.45, 7) is 4.41. The third-order valence-corrected chi connectivity index (χ3v) is 5.79. The third-order valence-electron chi connectivity index (χ3n) is 5.79. The maximum Gasteiger partial charge on any atom is 0.407 e. The molecule has 1 aliphatic carbocycles. The molecule has 2 aromatic carbocycles. The molecule has 1 fully saturated rings. The van der Waals surface area contributed by atoms with Gasteiger partial charge in [0.1, 0.15) is 11.9 Å². The Labute approximate surface area is 183 Å². The average Bonchev–Trinajstić information content (AvgIpc) is 2.82. The van der Waals surface area contributed by atoms with Crippen molar-refractivity contribution in [2.75, 3.05) is 20.2 Å². The van der Waals surface area contributed by atoms with Crippen LogP contribution >= 0.6 is 0 Å². The van der Waals surface area contributed by atoms with Gasteiger partial charge in [-0.25, -0.2) is 4.79 Å². The molecule has 6 heteroatoms. The van der Waals surface area contributed by atoms with E-state index in [1.807, 2.05) is 30.3 Å². The van der Waals surface area contributed by atoms with Gasteiger partial charge >= 0.3 is 6.09 Å². The number of carbonyl (C=O) groups excluding carboxylic acids is 2. The Hall–Kier alpha value is -3.28. The van der Waals surface area contributed by atoms with Crippen molar-refractivity contribution in [3.8, 4) is 5.75 Å². The zero-order valence-corrected chi connectivity index (χ0v) is 17.9. The highest BCUT2D eigenvalue weighted by Crippen LogP contribution is 2.40. The number of methoxy groups -OCH3 is 1. The van der Waals surface area contributed by atoms with Crippen LogP contribution in [0.2, 0.25) is 0 Å². The van der Waals surface area contributed by atoms with Crippen LogP contribution in [0.1, 0.15) is 41.6 Å². The molecule has 2 N–H and O–H groups in total. The first kappa shape index (κ1) is 22.4. The van der Waals surface area contributed by atoms with E-state index in [9.17, 15) is 9.59 Å². The molecule has 164 valence electrons. The van der Waals surface area contributed by atoms with Gasteiger partial charge in [-0.05, 0) is 43.4 Å². The molecule has 0 spiro atoms. The minimum absolute atomic E-state index is 0.181. The first-order chi connectivity index (χ1) is 15.1. The van der Waals surface area contributed by atoms with Crippen LogP contribution in [0.15, 0.2) is 67.3 Å². The van der Waals surface area contributed by atoms with E-state index in [1.165, 1.54) is 0 Å². The highest BCUT2D eigenvalue weighted by atomic mass is 16.6. The average molecular weight is 423 g/mol. The number of para-hydroxylation sites is 1. The quantitative estimate of drug-likeness (QED) is 0.625. The molecular weight excluding hydrogens is 392 g/mol. The van der Waals surface area contributed by atoms with Crippen molar-refractivity contribution < 1.29 is 19.1 Å². The number of hydrogen-bond donors (Lipinski definition) is 2. The number of nitrogens with one attached hydrogen (secondary N) is 2. The van der Waals surface area contributed by atoms with Crippen LogP contribution in [0, 0.1) is 0 Å². The first-order valence-corrected chi connectivity index (χ1v) is 10.6. The maximum atomic E-state index is 12.9. The van der Waals surface area contributed by atoms with E-state index in [4.69, 9.17) is 9.47 Å². The Kier molecular flexibility index (Phi) is 7.70. The van der Waals surface area contributed by atoms with Crippen molar-refractivity contribution in [2.45, 2.75) is 37.2 Å². The highest BCUT2D eigenvalue weighted by molar-refractivity contribution is 5.97. The van der Waals surface area contributed by atoms with Crippen LogP contribution in [0.3, 0.4) is 0 Å². The number of hydrogen-bond acceptors (Lipinski definition) is 4. The monoisotopic (exact) mass is 422 g/mol. The normalized spacial score (nSPS) is 20.4. The van der Waals surface area contributed by atoms with Crippen LogP contribution in [0.4, 0.5) is 4.79 Å². The Morgan fingerprint density at radius 1 is 1.13 bits per heavy atom. The van der Waals surface area contributed by atoms with Gasteiger partial charge < -0.3 is 20.1 Å². The molecular formula is C25H30N2O4. The van der Waals surface area contributed by atoms with Gasteiger partial charge in [0.2, 0.25) is 0 Å². The topological polar surface area (TPSA) is 76.7 Å². The Balaban J connectivity index is 1.77. The van der Waals surface area contributed by atoms with E-state index in [0.29, 0.717) is 30.8 Å². The molecule has 0 aromatic heterocycles. The number of benzene rings is 2. The van der Waals surface area contributed by atoms with Gasteiger partial charge in [0.15, 0.2) is 0 Å². The molecule has 1 saturated carbocycles. The van der Waals surface area contributed by atoms with E-state index in [2.05, 4.69) is 29.3 Å². The van der Waals surface area contributed by atoms with Crippen molar-refractivity contribution in [3.05, 3.63) is 78.4 Å². The molecule has 0 aliphatic heterocycles. The molecule has 0 saturated heterocycles. The smallest absolute Gasteiger partial charge is 0.407 e. The molecule has 3 rings (SSSR count). The largest absolute Gasteiger partial charge is 0.496 e. The number of ether oxygens (including phenoxy) is 2. The number of carbonyl (C=O) groups is 2. The molecule has 1 aliphatic rings. The minimum Gasteiger partial charge on any atom is -0.496 e. The summed E-state index contributed by atoms with van der Waals surface area (Å²) in [7, 11) is 1.55. The number of rotatable bonds is 8. The lowest BCUT2D eigenvalue weighted by Gasteiger charge is -2.41. The number of alkyl carbamates (subject to hydrolysis) is 1. The molecule has 2 amide bonds. The summed E-state index contributed by atoms with van der Waals surface area (Å²) < 4.78 is 11.0. The van der Waals surface area contributed by atoms with Crippen molar-refractivity contribution >= 4 is 12.0 Å². The van der Waals surface area contributed by atoms with Crippen LogP contribution in [0.25, 0.3) is 0 Å². The third kappa shape index (κ3) is 5.66. The molecule has 0 unspecified atom stereocenters. The molecule has 2 aromatic rings. The van der Waals surface area contributed by atoms with Gasteiger partial charge in [-0.1, -0.05) is 48.5 Å². The number of amides is 2. The predicted octanol–water partition coefficient (Wildman–Crippen LogP) is 4.22. The second kappa shape index (κ2) is 10.7. The van der Waals surface area contributed by atoms with E-state index in [1.54, 1.807) is 25.3 Å². The summed E-state index contributed by atoms with van der Waals surface area (Å²) in [4.78, 5) is 25.0. The molecule has 0 heterocycles. The van der Waals surface area contributed by atoms with Crippen LogP contribution in [-0.2, 0) is 10.2 Å². The lowest BCUT2D eigenvalue weighted by Crippen LogP contribution is -2.46. The fourth-order valence-corrected chi connectivity index (χ4v) is 4.25. The molecule has 0 radical (unpaired) electrons. The van der Waals surface area contributed by atoms with Gasteiger partial charge in [-0.3, -0.25) is 4.79 Å². The minimum atomic E-state index is -0.438. The first-order valence-electron chi connectivity index (χ1n) is 10.6. The second-order valence-electron chi connectivity index (χ2n) is 7.82. The van der Waals surface area contributed by atoms with Gasteiger partial charge in [0.05, 0.1) is 12.7 Å². The van der Waals surface area contributed by atoms with Gasteiger partial charge in [0.25, 0.3) is 5.91 Å². The maximum absolute atomic E-state index is 12.9. The van der Waals surface area contributed by atoms with Gasteiger partial charge in [-0.15, -0.1) is 6.58 Å². The summed E-state index contributed by atoms with van der Waals surface area (Å²) in [6, 6.07) is 17.3. The fraction of sp³-hybridized carbons (Fsp3) is 0.360. The van der Waals surface area contributed by atoms with Crippen LogP contribution < -0.4 is 15.4 Å². The Morgan fingerprint density at radius 3 is 2.61 bits per heavy atom. The van der Waals surface area contributed by atoms with Crippen molar-refractivity contribution in [1.29, 1.82) is 0 Å². The van der Waals surface area contributed by atoms with Gasteiger partial charge in [-0.2, -0.15) is 0 Å². The fourth-order valence-electron chi connectivity index (χ4n) is 4.25. The zero-order valence-electron chi connectivity index (χ0n) is 17.9. The summed E-state index contributed by atoms with van der Waals surface area (Å²) in [5.74, 6) is 0.358. The van der Waals surface area contributed by atoms with E-state index >= 15 is 0 Å². The predicted molar refractivity (Wildman–Crippen MR) is 120 cm³/mol. The Morgan fingerprint density at radius 2 is 1.87 bits per heavy atom. The van der Waals surface area contributed by atoms with Crippen LogP contribution in [-0.4, -0.2) is 38.3 Å². The molecule has 2 atom stereocenters. The van der Waals surface area contributed by atoms with Gasteiger partial charge in [0, 0.05) is 18.5 Å². The second-order valence-corrected chi connectivity index (χ2v) is 7.82. The lowest BCUT2D eigenvalue weighted by atomic mass is 9.68. The summed E-state index contributed by atoms with van der Waals surface area (Å²) in [5.41, 5.74) is 1.32. The van der Waals surface area contributed by atoms with E-state index in [0.717, 1.165) is 24.8 Å². The van der Waals surface area contributed by atoms with E-state index in [-0.39, 0.29) is 17.4 Å². The van der Waals surface area contributed by atoms with Crippen LogP contribution in [0.5, 0.6) is 5.75 Å². The molecule has 6 nitrogen and oxygen atoms in total. The molecule has 31 heavy (non-hydrogen) atoms. The SMILES string of the molecule is C=CCNC(=O)O[C@H]1CCC[C@](CNC(=O)c2ccccc2OC)(c2ccccc2)C1. The van der Waals surface area contributed by atoms with Crippen molar-refractivity contribution in [3.63, 3.8) is 0 Å². The molecule has 0 bridgehead atoms. The summed E-state index contributed by atoms with van der Waals surface area (Å²) in [5, 5.41) is 5.77.